The molecule has 1 N–H and O–H groups in total. The minimum Gasteiger partial charge on any atom is -0.463 e. The lowest BCUT2D eigenvalue weighted by molar-refractivity contribution is -0.176. The third-order valence-electron chi connectivity index (χ3n) is 6.15. The minimum absolute atomic E-state index is 0.00703. The molecule has 2 aromatic rings. The third kappa shape index (κ3) is 7.70. The summed E-state index contributed by atoms with van der Waals surface area (Å²) in [5, 5.41) is 2.44. The fraction of sp³-hybridized carbons (Fsp3) is 0.444. The summed E-state index contributed by atoms with van der Waals surface area (Å²) in [5.41, 5.74) is 0.0192. The normalized spacial score (nSPS) is 21.1. The molecule has 12 nitrogen and oxygen atoms in total. The molecule has 1 saturated heterocycles. The van der Waals surface area contributed by atoms with Gasteiger partial charge in [-0.2, -0.15) is 0 Å². The van der Waals surface area contributed by atoms with E-state index >= 15 is 0 Å². The Morgan fingerprint density at radius 2 is 1.88 bits per heavy atom. The molecule has 0 aliphatic carbocycles. The van der Waals surface area contributed by atoms with Crippen molar-refractivity contribution >= 4 is 53.0 Å². The first-order valence-electron chi connectivity index (χ1n) is 12.7. The van der Waals surface area contributed by atoms with Crippen LogP contribution in [0.15, 0.2) is 24.5 Å². The van der Waals surface area contributed by atoms with Crippen molar-refractivity contribution in [2.45, 2.75) is 59.3 Å². The molecule has 1 fully saturated rings. The molecule has 14 heteroatoms. The summed E-state index contributed by atoms with van der Waals surface area (Å²) in [6.45, 7) is 7.46. The van der Waals surface area contributed by atoms with Gasteiger partial charge in [-0.05, 0) is 38.0 Å². The minimum atomic E-state index is -1.45. The SMILES string of the molecule is CC[C@H]1C(=O)OC[C@H](NC(=O)c2nccc(C)c2OC(=O)c2cnc(Cl)c(Cl)c2)C(=O)O[C@@H](C)[C@@H]1OC(=O)C(C)C. The van der Waals surface area contributed by atoms with Gasteiger partial charge in [-0.25, -0.2) is 19.6 Å². The van der Waals surface area contributed by atoms with Crippen molar-refractivity contribution in [1.82, 2.24) is 15.3 Å². The van der Waals surface area contributed by atoms with Gasteiger partial charge in [0.25, 0.3) is 5.91 Å². The fourth-order valence-electron chi connectivity index (χ4n) is 3.83. The van der Waals surface area contributed by atoms with Crippen LogP contribution in [0.4, 0.5) is 0 Å². The van der Waals surface area contributed by atoms with Gasteiger partial charge >= 0.3 is 23.9 Å². The molecule has 2 aromatic heterocycles. The van der Waals surface area contributed by atoms with Gasteiger partial charge < -0.3 is 24.3 Å². The maximum Gasteiger partial charge on any atom is 0.345 e. The van der Waals surface area contributed by atoms with Crippen LogP contribution in [0.2, 0.25) is 10.2 Å². The number of carbonyl (C=O) groups is 5. The zero-order chi connectivity index (χ0) is 30.4. The zero-order valence-electron chi connectivity index (χ0n) is 22.9. The number of pyridine rings is 2. The second-order valence-electron chi connectivity index (χ2n) is 9.56. The average Bonchev–Trinajstić information content (AvgIpc) is 2.95. The van der Waals surface area contributed by atoms with Gasteiger partial charge in [-0.1, -0.05) is 44.0 Å². The number of hydrogen-bond donors (Lipinski definition) is 1. The molecular weight excluding hydrogens is 581 g/mol. The topological polar surface area (TPSA) is 160 Å². The van der Waals surface area contributed by atoms with Gasteiger partial charge in [0.1, 0.15) is 17.9 Å². The van der Waals surface area contributed by atoms with Gasteiger partial charge in [0.15, 0.2) is 23.6 Å². The first kappa shape index (κ1) is 31.8. The standard InChI is InChI=1S/C27H29Cl2N3O9/c1-6-16-21(41-24(34)12(2)3)14(5)39-27(37)18(11-38-26(16)36)32-23(33)19-20(13(4)7-8-30-19)40-25(35)15-9-17(28)22(29)31-10-15/h7-10,12,14,16,18,21H,6,11H2,1-5H3,(H,32,33)/t14-,16+,18-,21-/m0/s1. The van der Waals surface area contributed by atoms with Gasteiger partial charge in [0, 0.05) is 12.4 Å². The van der Waals surface area contributed by atoms with E-state index < -0.39 is 66.5 Å². The molecule has 0 unspecified atom stereocenters. The zero-order valence-corrected chi connectivity index (χ0v) is 24.4. The molecule has 1 aliphatic heterocycles. The summed E-state index contributed by atoms with van der Waals surface area (Å²) < 4.78 is 21.8. The Hall–Kier alpha value is -3.77. The highest BCUT2D eigenvalue weighted by Crippen LogP contribution is 2.26. The highest BCUT2D eigenvalue weighted by Gasteiger charge is 2.41. The van der Waals surface area contributed by atoms with Gasteiger partial charge in [0.2, 0.25) is 0 Å². The summed E-state index contributed by atoms with van der Waals surface area (Å²) in [7, 11) is 0. The quantitative estimate of drug-likeness (QED) is 0.278. The number of aryl methyl sites for hydroxylation is 1. The molecular formula is C27H29Cl2N3O9. The predicted octanol–water partition coefficient (Wildman–Crippen LogP) is 3.49. The van der Waals surface area contributed by atoms with E-state index in [0.717, 1.165) is 6.20 Å². The van der Waals surface area contributed by atoms with E-state index in [4.69, 9.17) is 42.1 Å². The number of esters is 4. The van der Waals surface area contributed by atoms with Crippen molar-refractivity contribution in [3.8, 4) is 5.75 Å². The fourth-order valence-corrected chi connectivity index (χ4v) is 4.10. The number of nitrogens with one attached hydrogen (secondary N) is 1. The van der Waals surface area contributed by atoms with Crippen LogP contribution < -0.4 is 10.1 Å². The van der Waals surface area contributed by atoms with E-state index in [-0.39, 0.29) is 33.6 Å². The average molecular weight is 610 g/mol. The molecule has 220 valence electrons. The first-order chi connectivity index (χ1) is 19.3. The number of nitrogens with zero attached hydrogens (tertiary/aromatic N) is 2. The Morgan fingerprint density at radius 3 is 2.51 bits per heavy atom. The van der Waals surface area contributed by atoms with Crippen molar-refractivity contribution in [2.24, 2.45) is 11.8 Å². The van der Waals surface area contributed by atoms with Crippen molar-refractivity contribution in [2.75, 3.05) is 6.61 Å². The molecule has 0 spiro atoms. The molecule has 3 rings (SSSR count). The maximum absolute atomic E-state index is 13.3. The molecule has 1 aliphatic rings. The van der Waals surface area contributed by atoms with E-state index in [1.165, 1.54) is 25.3 Å². The Morgan fingerprint density at radius 1 is 1.17 bits per heavy atom. The number of ether oxygens (including phenoxy) is 4. The maximum atomic E-state index is 13.3. The molecule has 1 amide bonds. The van der Waals surface area contributed by atoms with Crippen LogP contribution in [0.1, 0.15) is 60.5 Å². The number of aromatic nitrogens is 2. The van der Waals surface area contributed by atoms with E-state index in [0.29, 0.717) is 5.56 Å². The smallest absolute Gasteiger partial charge is 0.345 e. The lowest BCUT2D eigenvalue weighted by Crippen LogP contribution is -2.47. The number of carbonyl (C=O) groups excluding carboxylic acids is 5. The van der Waals surface area contributed by atoms with Gasteiger partial charge in [-0.3, -0.25) is 14.4 Å². The Kier molecular flexibility index (Phi) is 10.6. The summed E-state index contributed by atoms with van der Waals surface area (Å²) in [6.07, 6.45) is 0.574. The molecule has 0 radical (unpaired) electrons. The summed E-state index contributed by atoms with van der Waals surface area (Å²) in [4.78, 5) is 72.0. The Bertz CT molecular complexity index is 1350. The van der Waals surface area contributed by atoms with Crippen LogP contribution in [0.5, 0.6) is 5.75 Å². The second-order valence-corrected chi connectivity index (χ2v) is 10.3. The third-order valence-corrected chi connectivity index (χ3v) is 6.84. The van der Waals surface area contributed by atoms with Crippen molar-refractivity contribution in [3.05, 3.63) is 51.5 Å². The summed E-state index contributed by atoms with van der Waals surface area (Å²) in [6, 6.07) is 1.31. The summed E-state index contributed by atoms with van der Waals surface area (Å²) >= 11 is 11.7. The summed E-state index contributed by atoms with van der Waals surface area (Å²) in [5.74, 6) is -5.61. The van der Waals surface area contributed by atoms with E-state index in [1.807, 2.05) is 0 Å². The number of cyclic esters (lactones) is 2. The van der Waals surface area contributed by atoms with E-state index in [1.54, 1.807) is 27.7 Å². The monoisotopic (exact) mass is 609 g/mol. The van der Waals surface area contributed by atoms with Crippen molar-refractivity contribution < 1.29 is 42.9 Å². The van der Waals surface area contributed by atoms with Gasteiger partial charge in [-0.15, -0.1) is 0 Å². The molecule has 3 heterocycles. The molecule has 41 heavy (non-hydrogen) atoms. The number of halogens is 2. The van der Waals surface area contributed by atoms with Crippen LogP contribution in [-0.2, 0) is 28.6 Å². The lowest BCUT2D eigenvalue weighted by Gasteiger charge is -2.29. The molecule has 0 aromatic carbocycles. The Balaban J connectivity index is 1.83. The lowest BCUT2D eigenvalue weighted by atomic mass is 9.95. The number of hydrogen-bond acceptors (Lipinski definition) is 11. The molecule has 0 saturated carbocycles. The van der Waals surface area contributed by atoms with Crippen LogP contribution in [0.25, 0.3) is 0 Å². The molecule has 0 bridgehead atoms. The van der Waals surface area contributed by atoms with E-state index in [2.05, 4.69) is 15.3 Å². The highest BCUT2D eigenvalue weighted by atomic mass is 35.5. The molecule has 4 atom stereocenters. The largest absolute Gasteiger partial charge is 0.463 e. The van der Waals surface area contributed by atoms with Crippen LogP contribution in [0.3, 0.4) is 0 Å². The van der Waals surface area contributed by atoms with Crippen molar-refractivity contribution in [3.63, 3.8) is 0 Å². The Labute approximate surface area is 246 Å². The van der Waals surface area contributed by atoms with Gasteiger partial charge in [0.05, 0.1) is 22.4 Å². The highest BCUT2D eigenvalue weighted by molar-refractivity contribution is 6.41. The number of amides is 1. The second kappa shape index (κ2) is 13.7. The van der Waals surface area contributed by atoms with Crippen LogP contribution in [-0.4, -0.2) is 64.6 Å². The van der Waals surface area contributed by atoms with Crippen LogP contribution >= 0.6 is 23.2 Å². The van der Waals surface area contributed by atoms with E-state index in [9.17, 15) is 24.0 Å². The number of rotatable bonds is 7. The predicted molar refractivity (Wildman–Crippen MR) is 144 cm³/mol. The van der Waals surface area contributed by atoms with Crippen LogP contribution in [0, 0.1) is 18.8 Å². The van der Waals surface area contributed by atoms with Crippen molar-refractivity contribution in [1.29, 1.82) is 0 Å². The first-order valence-corrected chi connectivity index (χ1v) is 13.5.